The first kappa shape index (κ1) is 12.1. The van der Waals surface area contributed by atoms with E-state index in [9.17, 15) is 0 Å². The highest BCUT2D eigenvalue weighted by Gasteiger charge is 2.10. The standard InChI is InChI=1S/C13H21NO/c1-5-15-13-11(4)9(2)6-7-12(13)8-10(3)14/h6-7,10H,5,8,14H2,1-4H3. The molecule has 84 valence electrons. The van der Waals surface area contributed by atoms with Gasteiger partial charge in [0.2, 0.25) is 0 Å². The molecular weight excluding hydrogens is 186 g/mol. The summed E-state index contributed by atoms with van der Waals surface area (Å²) in [6, 6.07) is 4.43. The predicted molar refractivity (Wildman–Crippen MR) is 64.4 cm³/mol. The Hall–Kier alpha value is -1.02. The summed E-state index contributed by atoms with van der Waals surface area (Å²) in [5.74, 6) is 1.02. The van der Waals surface area contributed by atoms with Gasteiger partial charge in [0.25, 0.3) is 0 Å². The second-order valence-electron chi connectivity index (χ2n) is 4.11. The maximum atomic E-state index is 5.82. The molecule has 1 unspecified atom stereocenters. The second-order valence-corrected chi connectivity index (χ2v) is 4.11. The lowest BCUT2D eigenvalue weighted by Gasteiger charge is -2.16. The molecule has 0 fully saturated rings. The van der Waals surface area contributed by atoms with Crippen molar-refractivity contribution < 1.29 is 4.74 Å². The Bertz CT molecular complexity index is 332. The zero-order valence-electron chi connectivity index (χ0n) is 10.1. The second kappa shape index (κ2) is 5.17. The molecular formula is C13H21NO. The maximum absolute atomic E-state index is 5.82. The van der Waals surface area contributed by atoms with Gasteiger partial charge in [0.1, 0.15) is 5.75 Å². The monoisotopic (exact) mass is 207 g/mol. The molecule has 0 saturated heterocycles. The van der Waals surface area contributed by atoms with Crippen molar-refractivity contribution in [2.24, 2.45) is 5.73 Å². The van der Waals surface area contributed by atoms with Gasteiger partial charge in [-0.05, 0) is 50.8 Å². The van der Waals surface area contributed by atoms with Crippen LogP contribution in [-0.4, -0.2) is 12.6 Å². The summed E-state index contributed by atoms with van der Waals surface area (Å²) >= 11 is 0. The van der Waals surface area contributed by atoms with Gasteiger partial charge in [-0.2, -0.15) is 0 Å². The van der Waals surface area contributed by atoms with E-state index in [0.29, 0.717) is 6.61 Å². The Morgan fingerprint density at radius 2 is 2.00 bits per heavy atom. The summed E-state index contributed by atoms with van der Waals surface area (Å²) in [5, 5.41) is 0. The van der Waals surface area contributed by atoms with E-state index in [2.05, 4.69) is 26.0 Å². The van der Waals surface area contributed by atoms with Crippen molar-refractivity contribution >= 4 is 0 Å². The maximum Gasteiger partial charge on any atom is 0.125 e. The van der Waals surface area contributed by atoms with Crippen LogP contribution in [0.4, 0.5) is 0 Å². The predicted octanol–water partition coefficient (Wildman–Crippen LogP) is 2.59. The van der Waals surface area contributed by atoms with Crippen LogP contribution in [0, 0.1) is 13.8 Å². The third kappa shape index (κ3) is 2.96. The van der Waals surface area contributed by atoms with Crippen molar-refractivity contribution in [1.82, 2.24) is 0 Å². The molecule has 15 heavy (non-hydrogen) atoms. The van der Waals surface area contributed by atoms with E-state index in [-0.39, 0.29) is 6.04 Å². The van der Waals surface area contributed by atoms with Gasteiger partial charge in [-0.25, -0.2) is 0 Å². The molecule has 0 aromatic heterocycles. The highest BCUT2D eigenvalue weighted by molar-refractivity contribution is 5.45. The molecule has 0 radical (unpaired) electrons. The molecule has 0 aliphatic carbocycles. The van der Waals surface area contributed by atoms with Crippen molar-refractivity contribution in [3.63, 3.8) is 0 Å². The normalized spacial score (nSPS) is 12.6. The van der Waals surface area contributed by atoms with Gasteiger partial charge in [0.05, 0.1) is 6.61 Å². The molecule has 1 atom stereocenters. The Labute approximate surface area is 92.4 Å². The van der Waals surface area contributed by atoms with Gasteiger partial charge >= 0.3 is 0 Å². The van der Waals surface area contributed by atoms with E-state index in [1.54, 1.807) is 0 Å². The van der Waals surface area contributed by atoms with E-state index >= 15 is 0 Å². The average Bonchev–Trinajstić information content (AvgIpc) is 2.17. The van der Waals surface area contributed by atoms with Crippen LogP contribution in [0.3, 0.4) is 0 Å². The molecule has 0 saturated carbocycles. The van der Waals surface area contributed by atoms with Crippen LogP contribution in [-0.2, 0) is 6.42 Å². The smallest absolute Gasteiger partial charge is 0.125 e. The number of nitrogens with two attached hydrogens (primary N) is 1. The highest BCUT2D eigenvalue weighted by atomic mass is 16.5. The van der Waals surface area contributed by atoms with Gasteiger partial charge in [0.15, 0.2) is 0 Å². The number of hydrogen-bond donors (Lipinski definition) is 1. The topological polar surface area (TPSA) is 35.2 Å². The largest absolute Gasteiger partial charge is 0.493 e. The third-order valence-electron chi connectivity index (χ3n) is 2.59. The zero-order valence-corrected chi connectivity index (χ0v) is 10.1. The molecule has 1 aromatic carbocycles. The van der Waals surface area contributed by atoms with Crippen LogP contribution in [0.5, 0.6) is 5.75 Å². The van der Waals surface area contributed by atoms with Crippen molar-refractivity contribution in [1.29, 1.82) is 0 Å². The zero-order chi connectivity index (χ0) is 11.4. The SMILES string of the molecule is CCOc1c(CC(C)N)ccc(C)c1C. The van der Waals surface area contributed by atoms with Crippen LogP contribution in [0.1, 0.15) is 30.5 Å². The minimum absolute atomic E-state index is 0.173. The van der Waals surface area contributed by atoms with Crippen molar-refractivity contribution in [3.8, 4) is 5.75 Å². The van der Waals surface area contributed by atoms with E-state index in [1.165, 1.54) is 16.7 Å². The number of aryl methyl sites for hydroxylation is 1. The first-order valence-corrected chi connectivity index (χ1v) is 5.53. The van der Waals surface area contributed by atoms with Crippen LogP contribution >= 0.6 is 0 Å². The molecule has 0 heterocycles. The van der Waals surface area contributed by atoms with E-state index < -0.39 is 0 Å². The van der Waals surface area contributed by atoms with Crippen LogP contribution in [0.15, 0.2) is 12.1 Å². The molecule has 2 nitrogen and oxygen atoms in total. The van der Waals surface area contributed by atoms with Crippen LogP contribution in [0.2, 0.25) is 0 Å². The van der Waals surface area contributed by atoms with Crippen molar-refractivity contribution in [3.05, 3.63) is 28.8 Å². The third-order valence-corrected chi connectivity index (χ3v) is 2.59. The van der Waals surface area contributed by atoms with Crippen LogP contribution in [0.25, 0.3) is 0 Å². The number of rotatable bonds is 4. The number of hydrogen-bond acceptors (Lipinski definition) is 2. The molecule has 2 heteroatoms. The lowest BCUT2D eigenvalue weighted by atomic mass is 10.00. The number of ether oxygens (including phenoxy) is 1. The molecule has 0 aliphatic rings. The molecule has 0 bridgehead atoms. The minimum Gasteiger partial charge on any atom is -0.493 e. The Balaban J connectivity index is 3.08. The van der Waals surface area contributed by atoms with Gasteiger partial charge in [-0.15, -0.1) is 0 Å². The lowest BCUT2D eigenvalue weighted by Crippen LogP contribution is -2.18. The van der Waals surface area contributed by atoms with Crippen LogP contribution < -0.4 is 10.5 Å². The van der Waals surface area contributed by atoms with E-state index in [4.69, 9.17) is 10.5 Å². The first-order chi connectivity index (χ1) is 7.06. The fraction of sp³-hybridized carbons (Fsp3) is 0.538. The Morgan fingerprint density at radius 3 is 2.53 bits per heavy atom. The molecule has 0 aliphatic heterocycles. The lowest BCUT2D eigenvalue weighted by molar-refractivity contribution is 0.333. The Kier molecular flexibility index (Phi) is 4.15. The molecule has 2 N–H and O–H groups in total. The van der Waals surface area contributed by atoms with Gasteiger partial charge < -0.3 is 10.5 Å². The fourth-order valence-corrected chi connectivity index (χ4v) is 1.70. The number of benzene rings is 1. The highest BCUT2D eigenvalue weighted by Crippen LogP contribution is 2.27. The summed E-state index contributed by atoms with van der Waals surface area (Å²) in [6.45, 7) is 8.94. The summed E-state index contributed by atoms with van der Waals surface area (Å²) in [4.78, 5) is 0. The molecule has 0 amide bonds. The van der Waals surface area contributed by atoms with Crippen molar-refractivity contribution in [2.45, 2.75) is 40.2 Å². The summed E-state index contributed by atoms with van der Waals surface area (Å²) in [6.07, 6.45) is 0.871. The summed E-state index contributed by atoms with van der Waals surface area (Å²) in [5.41, 5.74) is 9.54. The molecule has 0 spiro atoms. The van der Waals surface area contributed by atoms with Gasteiger partial charge in [-0.3, -0.25) is 0 Å². The molecule has 1 rings (SSSR count). The minimum atomic E-state index is 0.173. The van der Waals surface area contributed by atoms with Crippen molar-refractivity contribution in [2.75, 3.05) is 6.61 Å². The summed E-state index contributed by atoms with van der Waals surface area (Å²) < 4.78 is 5.69. The fourth-order valence-electron chi connectivity index (χ4n) is 1.70. The first-order valence-electron chi connectivity index (χ1n) is 5.53. The van der Waals surface area contributed by atoms with Gasteiger partial charge in [-0.1, -0.05) is 12.1 Å². The van der Waals surface area contributed by atoms with E-state index in [1.807, 2.05) is 13.8 Å². The quantitative estimate of drug-likeness (QED) is 0.823. The summed E-state index contributed by atoms with van der Waals surface area (Å²) in [7, 11) is 0. The Morgan fingerprint density at radius 1 is 1.33 bits per heavy atom. The van der Waals surface area contributed by atoms with Gasteiger partial charge in [0, 0.05) is 6.04 Å². The molecule has 1 aromatic rings. The van der Waals surface area contributed by atoms with E-state index in [0.717, 1.165) is 12.2 Å². The average molecular weight is 207 g/mol.